The van der Waals surface area contributed by atoms with Gasteiger partial charge in [0.1, 0.15) is 5.60 Å². The first-order valence-electron chi connectivity index (χ1n) is 5.03. The SMILES string of the molecule is CNC.COC(=O)SCNC(=O)OC(C)(C)C. The summed E-state index contributed by atoms with van der Waals surface area (Å²) >= 11 is 0.858. The average Bonchev–Trinajstić information content (AvgIpc) is 2.15. The Bertz CT molecular complexity index is 229. The van der Waals surface area contributed by atoms with Gasteiger partial charge >= 0.3 is 11.4 Å². The minimum Gasteiger partial charge on any atom is -0.461 e. The first-order chi connectivity index (χ1) is 7.76. The lowest BCUT2D eigenvalue weighted by Gasteiger charge is -2.19. The minimum absolute atomic E-state index is 0.140. The first kappa shape index (κ1) is 18.4. The van der Waals surface area contributed by atoms with Gasteiger partial charge in [-0.15, -0.1) is 0 Å². The predicted octanol–water partition coefficient (Wildman–Crippen LogP) is 1.80. The highest BCUT2D eigenvalue weighted by Crippen LogP contribution is 2.07. The van der Waals surface area contributed by atoms with Gasteiger partial charge in [-0.1, -0.05) is 0 Å². The van der Waals surface area contributed by atoms with Crippen molar-refractivity contribution in [1.82, 2.24) is 10.6 Å². The van der Waals surface area contributed by atoms with E-state index in [-0.39, 0.29) is 5.88 Å². The van der Waals surface area contributed by atoms with E-state index in [0.717, 1.165) is 11.8 Å². The summed E-state index contributed by atoms with van der Waals surface area (Å²) in [5.41, 5.74) is -0.528. The summed E-state index contributed by atoms with van der Waals surface area (Å²) in [6.45, 7) is 5.29. The Morgan fingerprint density at radius 2 is 1.71 bits per heavy atom. The highest BCUT2D eigenvalue weighted by atomic mass is 32.2. The van der Waals surface area contributed by atoms with Crippen molar-refractivity contribution in [3.63, 3.8) is 0 Å². The van der Waals surface area contributed by atoms with Crippen LogP contribution in [0.25, 0.3) is 0 Å². The lowest BCUT2D eigenvalue weighted by Crippen LogP contribution is -2.32. The van der Waals surface area contributed by atoms with Crippen molar-refractivity contribution in [2.24, 2.45) is 0 Å². The van der Waals surface area contributed by atoms with Gasteiger partial charge in [0.15, 0.2) is 0 Å². The molecule has 0 radical (unpaired) electrons. The monoisotopic (exact) mass is 266 g/mol. The molecule has 0 saturated carbocycles. The fourth-order valence-electron chi connectivity index (χ4n) is 0.527. The van der Waals surface area contributed by atoms with E-state index in [1.54, 1.807) is 20.8 Å². The number of rotatable bonds is 2. The van der Waals surface area contributed by atoms with Crippen LogP contribution in [0.5, 0.6) is 0 Å². The van der Waals surface area contributed by atoms with Gasteiger partial charge in [0, 0.05) is 0 Å². The van der Waals surface area contributed by atoms with Crippen LogP contribution in [0.4, 0.5) is 9.59 Å². The zero-order valence-electron chi connectivity index (χ0n) is 11.2. The Morgan fingerprint density at radius 1 is 1.24 bits per heavy atom. The number of carbonyl (C=O) groups excluding carboxylic acids is 2. The number of ether oxygens (including phenoxy) is 2. The molecule has 0 aliphatic heterocycles. The highest BCUT2D eigenvalue weighted by molar-refractivity contribution is 8.13. The molecule has 17 heavy (non-hydrogen) atoms. The van der Waals surface area contributed by atoms with Gasteiger partial charge in [0.05, 0.1) is 13.0 Å². The molecule has 0 rings (SSSR count). The van der Waals surface area contributed by atoms with Crippen molar-refractivity contribution in [1.29, 1.82) is 0 Å². The van der Waals surface area contributed by atoms with Crippen LogP contribution in [-0.4, -0.2) is 44.1 Å². The van der Waals surface area contributed by atoms with Crippen LogP contribution in [0, 0.1) is 0 Å². The normalized spacial score (nSPS) is 9.76. The Balaban J connectivity index is 0. The molecule has 0 fully saturated rings. The molecule has 0 atom stereocenters. The zero-order chi connectivity index (χ0) is 13.9. The van der Waals surface area contributed by atoms with Gasteiger partial charge in [-0.25, -0.2) is 9.59 Å². The number of nitrogens with one attached hydrogen (secondary N) is 2. The van der Waals surface area contributed by atoms with Crippen molar-refractivity contribution < 1.29 is 19.1 Å². The van der Waals surface area contributed by atoms with Gasteiger partial charge in [-0.2, -0.15) is 0 Å². The van der Waals surface area contributed by atoms with E-state index in [2.05, 4.69) is 15.4 Å². The van der Waals surface area contributed by atoms with Crippen LogP contribution in [0.3, 0.4) is 0 Å². The Hall–Kier alpha value is -0.950. The minimum atomic E-state index is -0.547. The number of hydrogen-bond donors (Lipinski definition) is 2. The molecule has 0 aromatic rings. The molecular weight excluding hydrogens is 244 g/mol. The van der Waals surface area contributed by atoms with Gasteiger partial charge < -0.3 is 20.1 Å². The van der Waals surface area contributed by atoms with Crippen molar-refractivity contribution >= 4 is 23.2 Å². The number of methoxy groups -OCH3 is 1. The van der Waals surface area contributed by atoms with Gasteiger partial charge in [0.2, 0.25) is 0 Å². The summed E-state index contributed by atoms with van der Waals surface area (Å²) in [4.78, 5) is 21.7. The third kappa shape index (κ3) is 17.7. The third-order valence-corrected chi connectivity index (χ3v) is 1.66. The summed E-state index contributed by atoms with van der Waals surface area (Å²) in [6, 6.07) is 0. The smallest absolute Gasteiger partial charge is 0.408 e. The Morgan fingerprint density at radius 3 is 2.06 bits per heavy atom. The lowest BCUT2D eigenvalue weighted by atomic mass is 10.2. The molecule has 0 aliphatic rings. The maximum absolute atomic E-state index is 11.0. The maximum Gasteiger partial charge on any atom is 0.408 e. The number of hydrogen-bond acceptors (Lipinski definition) is 6. The largest absolute Gasteiger partial charge is 0.461 e. The summed E-state index contributed by atoms with van der Waals surface area (Å²) in [5, 5.41) is 4.71. The molecule has 0 unspecified atom stereocenters. The maximum atomic E-state index is 11.0. The van der Waals surface area contributed by atoms with Crippen molar-refractivity contribution in [3.8, 4) is 0 Å². The molecule has 2 N–H and O–H groups in total. The molecule has 0 aromatic heterocycles. The molecule has 0 spiro atoms. The average molecular weight is 266 g/mol. The Labute approximate surface area is 107 Å². The van der Waals surface area contributed by atoms with Crippen LogP contribution >= 0.6 is 11.8 Å². The van der Waals surface area contributed by atoms with Crippen LogP contribution in [0.1, 0.15) is 20.8 Å². The van der Waals surface area contributed by atoms with E-state index in [1.807, 2.05) is 14.1 Å². The highest BCUT2D eigenvalue weighted by Gasteiger charge is 2.15. The molecule has 1 amide bonds. The summed E-state index contributed by atoms with van der Waals surface area (Å²) in [6.07, 6.45) is -0.547. The fraction of sp³-hybridized carbons (Fsp3) is 0.800. The topological polar surface area (TPSA) is 76.7 Å². The zero-order valence-corrected chi connectivity index (χ0v) is 12.1. The van der Waals surface area contributed by atoms with Crippen LogP contribution in [-0.2, 0) is 9.47 Å². The van der Waals surface area contributed by atoms with Gasteiger partial charge in [0.25, 0.3) is 0 Å². The van der Waals surface area contributed by atoms with E-state index >= 15 is 0 Å². The molecule has 0 aromatic carbocycles. The summed E-state index contributed by atoms with van der Waals surface area (Å²) in [7, 11) is 5.03. The van der Waals surface area contributed by atoms with E-state index in [9.17, 15) is 9.59 Å². The van der Waals surface area contributed by atoms with E-state index in [4.69, 9.17) is 4.74 Å². The van der Waals surface area contributed by atoms with E-state index in [1.165, 1.54) is 7.11 Å². The molecular formula is C10H22N2O4S. The van der Waals surface area contributed by atoms with Crippen LogP contribution in [0.2, 0.25) is 0 Å². The number of carbonyl (C=O) groups is 2. The van der Waals surface area contributed by atoms with Crippen LogP contribution in [0.15, 0.2) is 0 Å². The lowest BCUT2D eigenvalue weighted by molar-refractivity contribution is 0.0538. The first-order valence-corrected chi connectivity index (χ1v) is 6.01. The third-order valence-electron chi connectivity index (χ3n) is 0.972. The van der Waals surface area contributed by atoms with Gasteiger partial charge in [-0.3, -0.25) is 0 Å². The predicted molar refractivity (Wildman–Crippen MR) is 69.2 cm³/mol. The van der Waals surface area contributed by atoms with E-state index < -0.39 is 17.0 Å². The molecule has 7 heteroatoms. The molecule has 0 aliphatic carbocycles. The second kappa shape index (κ2) is 10.2. The quantitative estimate of drug-likeness (QED) is 0.586. The molecule has 0 saturated heterocycles. The molecule has 0 heterocycles. The Kier molecular flexibility index (Phi) is 11.1. The summed E-state index contributed by atoms with van der Waals surface area (Å²) < 4.78 is 9.30. The molecule has 0 bridgehead atoms. The molecule has 102 valence electrons. The standard InChI is InChI=1S/C8H15NO4S.C2H7N/c1-8(2,3)13-6(10)9-5-14-7(11)12-4;1-3-2/h5H2,1-4H3,(H,9,10);3H,1-2H3. The van der Waals surface area contributed by atoms with Gasteiger partial charge in [-0.05, 0) is 46.6 Å². The molecule has 6 nitrogen and oxygen atoms in total. The number of alkyl carbamates (subject to hydrolysis) is 1. The van der Waals surface area contributed by atoms with Crippen molar-refractivity contribution in [3.05, 3.63) is 0 Å². The summed E-state index contributed by atoms with van der Waals surface area (Å²) in [5.74, 6) is 0.140. The number of amides is 1. The van der Waals surface area contributed by atoms with E-state index in [0.29, 0.717) is 0 Å². The van der Waals surface area contributed by atoms with Crippen LogP contribution < -0.4 is 10.6 Å². The van der Waals surface area contributed by atoms with Crippen molar-refractivity contribution in [2.75, 3.05) is 27.1 Å². The second-order valence-corrected chi connectivity index (χ2v) is 4.83. The fourth-order valence-corrected chi connectivity index (χ4v) is 0.953. The second-order valence-electron chi connectivity index (χ2n) is 3.92. The van der Waals surface area contributed by atoms with Crippen molar-refractivity contribution in [2.45, 2.75) is 26.4 Å². The number of thioether (sulfide) groups is 1.